The van der Waals surface area contributed by atoms with Crippen LogP contribution in [0.5, 0.6) is 0 Å². The van der Waals surface area contributed by atoms with Gasteiger partial charge in [0.25, 0.3) is 5.91 Å². The third-order valence-electron chi connectivity index (χ3n) is 4.58. The molecule has 0 spiro atoms. The Bertz CT molecular complexity index is 903. The van der Waals surface area contributed by atoms with Crippen molar-refractivity contribution in [1.82, 2.24) is 25.0 Å². The minimum atomic E-state index is 0.0311. The number of aromatic nitrogens is 4. The summed E-state index contributed by atoms with van der Waals surface area (Å²) in [6, 6.07) is 5.55. The van der Waals surface area contributed by atoms with Crippen LogP contribution in [0.15, 0.2) is 29.0 Å². The summed E-state index contributed by atoms with van der Waals surface area (Å²) in [5.41, 5.74) is 2.40. The number of nitrogens with zero attached hydrogens (tertiary/aromatic N) is 4. The Hall–Kier alpha value is -2.74. The van der Waals surface area contributed by atoms with Crippen molar-refractivity contribution in [1.29, 1.82) is 0 Å². The first-order valence-corrected chi connectivity index (χ1v) is 8.82. The molecular formula is C18H21N5O3. The van der Waals surface area contributed by atoms with E-state index in [9.17, 15) is 4.79 Å². The first-order chi connectivity index (χ1) is 12.7. The molecule has 3 aromatic rings. The van der Waals surface area contributed by atoms with Crippen LogP contribution in [-0.2, 0) is 11.2 Å². The Kier molecular flexibility index (Phi) is 4.66. The van der Waals surface area contributed by atoms with Gasteiger partial charge in [0.05, 0.1) is 30.1 Å². The molecule has 0 radical (unpaired) electrons. The lowest BCUT2D eigenvalue weighted by Crippen LogP contribution is -2.43. The number of nitrogens with one attached hydrogen (secondary N) is 1. The number of carbonyl (C=O) groups excluding carboxylic acids is 1. The van der Waals surface area contributed by atoms with Crippen LogP contribution in [0.2, 0.25) is 0 Å². The van der Waals surface area contributed by atoms with Crippen molar-refractivity contribution in [2.75, 3.05) is 19.7 Å². The van der Waals surface area contributed by atoms with Gasteiger partial charge in [0.15, 0.2) is 5.82 Å². The standard InChI is InChI=1S/C18H21N5O3/c1-12-21-17(22-26-12)6-8-25-14-3-2-7-23(10-14)18(24)13-4-5-15-16(9-13)20-11-19-15/h4-5,9,11,14H,2-3,6-8,10H2,1H3,(H,19,20). The van der Waals surface area contributed by atoms with Crippen molar-refractivity contribution < 1.29 is 14.1 Å². The number of ether oxygens (including phenoxy) is 1. The molecule has 26 heavy (non-hydrogen) atoms. The largest absolute Gasteiger partial charge is 0.376 e. The highest BCUT2D eigenvalue weighted by Crippen LogP contribution is 2.18. The zero-order valence-corrected chi connectivity index (χ0v) is 14.6. The molecule has 1 aliphatic heterocycles. The first kappa shape index (κ1) is 16.7. The molecule has 1 aliphatic rings. The van der Waals surface area contributed by atoms with Crippen LogP contribution < -0.4 is 0 Å². The van der Waals surface area contributed by atoms with Gasteiger partial charge in [-0.1, -0.05) is 5.16 Å². The second kappa shape index (κ2) is 7.25. The van der Waals surface area contributed by atoms with Gasteiger partial charge >= 0.3 is 0 Å². The molecule has 0 bridgehead atoms. The Balaban J connectivity index is 1.34. The number of likely N-dealkylation sites (tertiary alicyclic amines) is 1. The van der Waals surface area contributed by atoms with E-state index in [4.69, 9.17) is 9.26 Å². The third-order valence-corrected chi connectivity index (χ3v) is 4.58. The van der Waals surface area contributed by atoms with E-state index in [2.05, 4.69) is 20.1 Å². The molecule has 1 saturated heterocycles. The summed E-state index contributed by atoms with van der Waals surface area (Å²) >= 11 is 0. The topological polar surface area (TPSA) is 97.1 Å². The number of piperidine rings is 1. The highest BCUT2D eigenvalue weighted by atomic mass is 16.5. The number of aryl methyl sites for hydroxylation is 1. The minimum absolute atomic E-state index is 0.0311. The lowest BCUT2D eigenvalue weighted by Gasteiger charge is -2.32. The number of aromatic amines is 1. The maximum absolute atomic E-state index is 12.8. The fourth-order valence-electron chi connectivity index (χ4n) is 3.27. The van der Waals surface area contributed by atoms with Crippen LogP contribution in [0.4, 0.5) is 0 Å². The van der Waals surface area contributed by atoms with E-state index in [1.807, 2.05) is 23.1 Å². The fraction of sp³-hybridized carbons (Fsp3) is 0.444. The Morgan fingerprint density at radius 1 is 1.46 bits per heavy atom. The average molecular weight is 355 g/mol. The zero-order chi connectivity index (χ0) is 17.9. The van der Waals surface area contributed by atoms with Gasteiger partial charge < -0.3 is 19.1 Å². The summed E-state index contributed by atoms with van der Waals surface area (Å²) in [6.45, 7) is 3.64. The summed E-state index contributed by atoms with van der Waals surface area (Å²) in [7, 11) is 0. The van der Waals surface area contributed by atoms with E-state index < -0.39 is 0 Å². The van der Waals surface area contributed by atoms with Gasteiger partial charge in [-0.05, 0) is 31.0 Å². The molecule has 2 aromatic heterocycles. The van der Waals surface area contributed by atoms with Crippen molar-refractivity contribution in [2.24, 2.45) is 0 Å². The average Bonchev–Trinajstić information content (AvgIpc) is 3.29. The SMILES string of the molecule is Cc1nc(CCOC2CCCN(C(=O)c3ccc4nc[nH]c4c3)C2)no1. The molecule has 136 valence electrons. The van der Waals surface area contributed by atoms with Gasteiger partial charge in [-0.2, -0.15) is 4.98 Å². The zero-order valence-electron chi connectivity index (χ0n) is 14.6. The highest BCUT2D eigenvalue weighted by molar-refractivity contribution is 5.97. The van der Waals surface area contributed by atoms with Crippen molar-refractivity contribution in [3.8, 4) is 0 Å². The molecule has 1 unspecified atom stereocenters. The molecule has 1 amide bonds. The summed E-state index contributed by atoms with van der Waals surface area (Å²) in [4.78, 5) is 26.1. The predicted molar refractivity (Wildman–Crippen MR) is 93.7 cm³/mol. The number of rotatable bonds is 5. The van der Waals surface area contributed by atoms with Crippen LogP contribution in [0, 0.1) is 6.92 Å². The van der Waals surface area contributed by atoms with Gasteiger partial charge in [-0.15, -0.1) is 0 Å². The fourth-order valence-corrected chi connectivity index (χ4v) is 3.27. The molecule has 1 aromatic carbocycles. The van der Waals surface area contributed by atoms with Gasteiger partial charge in [-0.3, -0.25) is 4.79 Å². The Morgan fingerprint density at radius 2 is 2.38 bits per heavy atom. The van der Waals surface area contributed by atoms with Crippen molar-refractivity contribution in [3.63, 3.8) is 0 Å². The van der Waals surface area contributed by atoms with E-state index in [-0.39, 0.29) is 12.0 Å². The van der Waals surface area contributed by atoms with Crippen molar-refractivity contribution >= 4 is 16.9 Å². The first-order valence-electron chi connectivity index (χ1n) is 8.82. The second-order valence-corrected chi connectivity index (χ2v) is 6.50. The highest BCUT2D eigenvalue weighted by Gasteiger charge is 2.25. The van der Waals surface area contributed by atoms with Gasteiger partial charge in [0.1, 0.15) is 0 Å². The lowest BCUT2D eigenvalue weighted by molar-refractivity contribution is 0.00252. The van der Waals surface area contributed by atoms with E-state index in [0.29, 0.717) is 36.9 Å². The minimum Gasteiger partial charge on any atom is -0.376 e. The van der Waals surface area contributed by atoms with E-state index in [0.717, 1.165) is 30.4 Å². The molecule has 0 aliphatic carbocycles. The summed E-state index contributed by atoms with van der Waals surface area (Å²) in [5, 5.41) is 3.86. The number of fused-ring (bicyclic) bond motifs is 1. The maximum Gasteiger partial charge on any atom is 0.254 e. The van der Waals surface area contributed by atoms with E-state index in [1.54, 1.807) is 13.3 Å². The van der Waals surface area contributed by atoms with Crippen LogP contribution >= 0.6 is 0 Å². The lowest BCUT2D eigenvalue weighted by atomic mass is 10.1. The number of imidazole rings is 1. The molecule has 3 heterocycles. The number of amides is 1. The summed E-state index contributed by atoms with van der Waals surface area (Å²) in [6.07, 6.45) is 4.17. The van der Waals surface area contributed by atoms with Crippen molar-refractivity contribution in [2.45, 2.75) is 32.3 Å². The van der Waals surface area contributed by atoms with Gasteiger partial charge in [0.2, 0.25) is 5.89 Å². The van der Waals surface area contributed by atoms with E-state index >= 15 is 0 Å². The quantitative estimate of drug-likeness (QED) is 0.753. The summed E-state index contributed by atoms with van der Waals surface area (Å²) < 4.78 is 10.9. The molecule has 1 fully saturated rings. The number of hydrogen-bond donors (Lipinski definition) is 1. The molecule has 1 N–H and O–H groups in total. The van der Waals surface area contributed by atoms with Crippen LogP contribution in [0.25, 0.3) is 11.0 Å². The molecule has 0 saturated carbocycles. The number of H-pyrrole nitrogens is 1. The maximum atomic E-state index is 12.8. The predicted octanol–water partition coefficient (Wildman–Crippen LogP) is 2.12. The molecule has 8 heteroatoms. The number of benzene rings is 1. The van der Waals surface area contributed by atoms with Crippen LogP contribution in [0.3, 0.4) is 0 Å². The van der Waals surface area contributed by atoms with E-state index in [1.165, 1.54) is 0 Å². The smallest absolute Gasteiger partial charge is 0.254 e. The van der Waals surface area contributed by atoms with Gasteiger partial charge in [0, 0.05) is 32.0 Å². The number of carbonyl (C=O) groups is 1. The summed E-state index contributed by atoms with van der Waals surface area (Å²) in [5.74, 6) is 1.24. The molecule has 8 nitrogen and oxygen atoms in total. The van der Waals surface area contributed by atoms with Crippen molar-refractivity contribution in [3.05, 3.63) is 41.8 Å². The molecule has 4 rings (SSSR count). The monoisotopic (exact) mass is 355 g/mol. The van der Waals surface area contributed by atoms with Crippen LogP contribution in [-0.4, -0.2) is 56.7 Å². The van der Waals surface area contributed by atoms with Crippen LogP contribution in [0.1, 0.15) is 34.9 Å². The molecular weight excluding hydrogens is 334 g/mol. The third kappa shape index (κ3) is 3.60. The Labute approximate surface area is 150 Å². The normalized spacial score (nSPS) is 17.7. The van der Waals surface area contributed by atoms with Gasteiger partial charge in [-0.25, -0.2) is 4.98 Å². The Morgan fingerprint density at radius 3 is 3.23 bits per heavy atom. The molecule has 1 atom stereocenters. The second-order valence-electron chi connectivity index (χ2n) is 6.50. The number of hydrogen-bond acceptors (Lipinski definition) is 6.